The van der Waals surface area contributed by atoms with Crippen LogP contribution in [-0.4, -0.2) is 106 Å². The summed E-state index contributed by atoms with van der Waals surface area (Å²) in [6.07, 6.45) is 6.12. The molecule has 6 aromatic rings. The molecule has 7 heterocycles. The zero-order valence-corrected chi connectivity index (χ0v) is 36.1. The van der Waals surface area contributed by atoms with Crippen LogP contribution in [-0.2, 0) is 4.74 Å². The van der Waals surface area contributed by atoms with Gasteiger partial charge in [0.05, 0.1) is 69.7 Å². The van der Waals surface area contributed by atoms with E-state index in [0.29, 0.717) is 81.3 Å². The standard InChI is InChI=1S/C46H48F2N12O5/c1-45(2,63)37(47)23-55-43(61)31-21-51-39(59-9-7-27-11-25(17-49)19-53-41(27)59)15-33(31)58-30-8-10-65-36(14-30)35-13-28-12-26(18-50)20-54-42(28)60(35)40-16-34(57-29-5-6-29)32(22-52-40)44(62)56-24-38(48)46(3,4)64/h7,9,11-13,15-16,19-22,29-30,36-38,63-64H,5-6,8,10,14,23-24H2,1-4H3,(H,51,58)(H,52,57)(H,55,61)(H,56,62)/t30?,36?,37-,38-/m1/s1. The van der Waals surface area contributed by atoms with Crippen molar-refractivity contribution in [1.29, 1.82) is 10.5 Å². The second kappa shape index (κ2) is 17.8. The number of pyridine rings is 4. The van der Waals surface area contributed by atoms with Gasteiger partial charge >= 0.3 is 0 Å². The number of ether oxygens (including phenoxy) is 1. The number of carbonyl (C=O) groups excluding carboxylic acids is 2. The number of carbonyl (C=O) groups is 2. The molecule has 8 rings (SSSR count). The summed E-state index contributed by atoms with van der Waals surface area (Å²) in [6, 6.07) is 14.6. The number of hydrogen-bond acceptors (Lipinski definition) is 13. The SMILES string of the molecule is CC(C)(O)[C@H](F)CNC(=O)c1cnc(-n2c(C3CC(Nc4cc(-n5ccc6cc(C#N)cnc65)ncc4C(=O)NC[C@@H](F)C(C)(C)O)CCO3)cc3cc(C#N)cnc32)cc1NC1CC1. The highest BCUT2D eigenvalue weighted by Gasteiger charge is 2.33. The Morgan fingerprint density at radius 3 is 1.91 bits per heavy atom. The second-order valence-electron chi connectivity index (χ2n) is 17.6. The van der Waals surface area contributed by atoms with Gasteiger partial charge in [-0.15, -0.1) is 0 Å². The lowest BCUT2D eigenvalue weighted by atomic mass is 9.99. The normalized spacial score (nSPS) is 17.5. The van der Waals surface area contributed by atoms with E-state index in [0.717, 1.165) is 12.8 Å². The fourth-order valence-corrected chi connectivity index (χ4v) is 7.52. The molecule has 0 radical (unpaired) electrons. The molecule has 6 N–H and O–H groups in total. The molecule has 1 aliphatic carbocycles. The van der Waals surface area contributed by atoms with Crippen molar-refractivity contribution in [3.05, 3.63) is 95.3 Å². The largest absolute Gasteiger partial charge is 0.387 e. The molecule has 4 atom stereocenters. The van der Waals surface area contributed by atoms with E-state index in [4.69, 9.17) is 9.72 Å². The van der Waals surface area contributed by atoms with Crippen molar-refractivity contribution < 1.29 is 33.3 Å². The Hall–Kier alpha value is -7.06. The number of fused-ring (bicyclic) bond motifs is 2. The number of aliphatic hydroxyl groups is 2. The van der Waals surface area contributed by atoms with Crippen LogP contribution < -0.4 is 21.3 Å². The summed E-state index contributed by atoms with van der Waals surface area (Å²) in [5.74, 6) is -0.368. The van der Waals surface area contributed by atoms with Crippen molar-refractivity contribution >= 4 is 45.3 Å². The molecule has 6 aromatic heterocycles. The van der Waals surface area contributed by atoms with E-state index >= 15 is 0 Å². The van der Waals surface area contributed by atoms with Gasteiger partial charge in [0.2, 0.25) is 0 Å². The first-order chi connectivity index (χ1) is 31.0. The number of nitriles is 2. The van der Waals surface area contributed by atoms with Gasteiger partial charge in [-0.3, -0.25) is 18.7 Å². The van der Waals surface area contributed by atoms with Gasteiger partial charge in [0.15, 0.2) is 0 Å². The van der Waals surface area contributed by atoms with Crippen molar-refractivity contribution in [1.82, 2.24) is 39.7 Å². The number of anilines is 2. The number of nitrogens with zero attached hydrogens (tertiary/aromatic N) is 8. The summed E-state index contributed by atoms with van der Waals surface area (Å²) in [6.45, 7) is 4.74. The predicted octanol–water partition coefficient (Wildman–Crippen LogP) is 5.48. The van der Waals surface area contributed by atoms with Crippen LogP contribution >= 0.6 is 0 Å². The molecule has 0 bridgehead atoms. The smallest absolute Gasteiger partial charge is 0.255 e. The summed E-state index contributed by atoms with van der Waals surface area (Å²) >= 11 is 0. The average Bonchev–Trinajstić information content (AvgIpc) is 3.87. The van der Waals surface area contributed by atoms with E-state index in [9.17, 15) is 39.1 Å². The highest BCUT2D eigenvalue weighted by atomic mass is 19.1. The molecule has 2 unspecified atom stereocenters. The quantitative estimate of drug-likeness (QED) is 0.0750. The number of rotatable bonds is 15. The van der Waals surface area contributed by atoms with Crippen LogP contribution in [0.25, 0.3) is 33.7 Å². The third-order valence-corrected chi connectivity index (χ3v) is 11.5. The molecule has 1 aliphatic heterocycles. The van der Waals surface area contributed by atoms with Crippen LogP contribution in [0.1, 0.15) is 97.0 Å². The highest BCUT2D eigenvalue weighted by molar-refractivity contribution is 6.00. The van der Waals surface area contributed by atoms with E-state index < -0.39 is 54.6 Å². The summed E-state index contributed by atoms with van der Waals surface area (Å²) in [7, 11) is 0. The molecule has 65 heavy (non-hydrogen) atoms. The summed E-state index contributed by atoms with van der Waals surface area (Å²) in [5, 5.41) is 52.9. The number of amides is 2. The van der Waals surface area contributed by atoms with Gasteiger partial charge in [-0.25, -0.2) is 28.7 Å². The van der Waals surface area contributed by atoms with Crippen molar-refractivity contribution in [3.63, 3.8) is 0 Å². The molecule has 2 aliphatic rings. The zero-order chi connectivity index (χ0) is 46.2. The minimum Gasteiger partial charge on any atom is -0.387 e. The lowest BCUT2D eigenvalue weighted by Crippen LogP contribution is -2.42. The maximum absolute atomic E-state index is 14.8. The van der Waals surface area contributed by atoms with Gasteiger partial charge in [-0.1, -0.05) is 0 Å². The molecular formula is C46H48F2N12O5. The molecule has 2 fully saturated rings. The van der Waals surface area contributed by atoms with E-state index in [1.54, 1.807) is 41.1 Å². The van der Waals surface area contributed by atoms with Crippen molar-refractivity contribution in [3.8, 4) is 23.8 Å². The lowest BCUT2D eigenvalue weighted by Gasteiger charge is -2.32. The number of alkyl halides is 2. The summed E-state index contributed by atoms with van der Waals surface area (Å²) in [4.78, 5) is 45.6. The predicted molar refractivity (Wildman–Crippen MR) is 236 cm³/mol. The number of aromatic nitrogens is 6. The molecule has 17 nitrogen and oxygen atoms in total. The zero-order valence-electron chi connectivity index (χ0n) is 36.1. The van der Waals surface area contributed by atoms with E-state index in [1.807, 2.05) is 10.6 Å². The van der Waals surface area contributed by atoms with Crippen LogP contribution in [0.2, 0.25) is 0 Å². The Morgan fingerprint density at radius 2 is 1.32 bits per heavy atom. The van der Waals surface area contributed by atoms with Gasteiger partial charge in [0.1, 0.15) is 47.4 Å². The fourth-order valence-electron chi connectivity index (χ4n) is 7.52. The minimum atomic E-state index is -1.75. The summed E-state index contributed by atoms with van der Waals surface area (Å²) < 4.78 is 39.4. The average molecular weight is 887 g/mol. The molecule has 336 valence electrons. The van der Waals surface area contributed by atoms with Crippen LogP contribution in [0.4, 0.5) is 20.2 Å². The Kier molecular flexibility index (Phi) is 12.2. The van der Waals surface area contributed by atoms with Gasteiger partial charge in [-0.2, -0.15) is 10.5 Å². The Bertz CT molecular complexity index is 2870. The first-order valence-corrected chi connectivity index (χ1v) is 21.2. The molecule has 2 amide bonds. The van der Waals surface area contributed by atoms with Crippen molar-refractivity contribution in [2.24, 2.45) is 0 Å². The highest BCUT2D eigenvalue weighted by Crippen LogP contribution is 2.37. The Morgan fingerprint density at radius 1 is 0.769 bits per heavy atom. The van der Waals surface area contributed by atoms with Gasteiger partial charge in [-0.05, 0) is 77.6 Å². The first-order valence-electron chi connectivity index (χ1n) is 21.2. The molecule has 0 spiro atoms. The van der Waals surface area contributed by atoms with Crippen molar-refractivity contribution in [2.45, 2.75) is 95.1 Å². The molecule has 1 saturated carbocycles. The van der Waals surface area contributed by atoms with Gasteiger partial charge in [0.25, 0.3) is 11.8 Å². The van der Waals surface area contributed by atoms with Gasteiger partial charge in [0, 0.05) is 72.6 Å². The second-order valence-corrected chi connectivity index (χ2v) is 17.6. The minimum absolute atomic E-state index is 0.123. The monoisotopic (exact) mass is 886 g/mol. The van der Waals surface area contributed by atoms with E-state index in [2.05, 4.69) is 48.4 Å². The maximum Gasteiger partial charge on any atom is 0.255 e. The third-order valence-electron chi connectivity index (χ3n) is 11.5. The number of nitrogens with one attached hydrogen (secondary N) is 4. The van der Waals surface area contributed by atoms with Crippen LogP contribution in [0.3, 0.4) is 0 Å². The maximum atomic E-state index is 14.8. The topological polar surface area (TPSA) is 241 Å². The third kappa shape index (κ3) is 9.72. The lowest BCUT2D eigenvalue weighted by molar-refractivity contribution is -0.00209. The number of hydrogen-bond donors (Lipinski definition) is 6. The molecule has 19 heteroatoms. The van der Waals surface area contributed by atoms with E-state index in [-0.39, 0.29) is 23.2 Å². The first kappa shape index (κ1) is 44.5. The van der Waals surface area contributed by atoms with Crippen LogP contribution in [0.15, 0.2) is 67.4 Å². The van der Waals surface area contributed by atoms with E-state index in [1.165, 1.54) is 52.5 Å². The van der Waals surface area contributed by atoms with Crippen molar-refractivity contribution in [2.75, 3.05) is 30.3 Å². The van der Waals surface area contributed by atoms with Crippen LogP contribution in [0.5, 0.6) is 0 Å². The molecule has 0 aromatic carbocycles. The Balaban J connectivity index is 1.13. The van der Waals surface area contributed by atoms with Gasteiger partial charge < -0.3 is 36.2 Å². The fraction of sp³-hybridized carbons (Fsp3) is 0.391. The summed E-state index contributed by atoms with van der Waals surface area (Å²) in [5.41, 5.74) is 0.247. The number of halogens is 2. The molecule has 1 saturated heterocycles. The Labute approximate surface area is 372 Å². The van der Waals surface area contributed by atoms with Crippen LogP contribution in [0, 0.1) is 22.7 Å². The molecular weight excluding hydrogens is 839 g/mol.